The van der Waals surface area contributed by atoms with Crippen LogP contribution in [0, 0.1) is 0 Å². The van der Waals surface area contributed by atoms with Gasteiger partial charge in [0.05, 0.1) is 23.4 Å². The van der Waals surface area contributed by atoms with Crippen molar-refractivity contribution in [2.45, 2.75) is 31.6 Å². The number of carbonyl (C=O) groups excluding carboxylic acids is 1. The van der Waals surface area contributed by atoms with E-state index in [0.29, 0.717) is 29.4 Å². The molecule has 4 aromatic rings. The highest BCUT2D eigenvalue weighted by molar-refractivity contribution is 7.99. The van der Waals surface area contributed by atoms with Crippen molar-refractivity contribution < 1.29 is 9.53 Å². The molecule has 0 atom stereocenters. The van der Waals surface area contributed by atoms with E-state index < -0.39 is 0 Å². The molecule has 5 rings (SSSR count). The van der Waals surface area contributed by atoms with Crippen LogP contribution in [0.4, 0.5) is 0 Å². The average Bonchev–Trinajstić information content (AvgIpc) is 3.25. The van der Waals surface area contributed by atoms with Gasteiger partial charge in [-0.1, -0.05) is 42.1 Å². The summed E-state index contributed by atoms with van der Waals surface area (Å²) in [5, 5.41) is 4.17. The monoisotopic (exact) mass is 520 g/mol. The largest absolute Gasteiger partial charge is 0.494 e. The highest BCUT2D eigenvalue weighted by Gasteiger charge is 2.24. The fourth-order valence-electron chi connectivity index (χ4n) is 4.31. The van der Waals surface area contributed by atoms with Gasteiger partial charge in [0, 0.05) is 24.5 Å². The van der Waals surface area contributed by atoms with Gasteiger partial charge in [0.1, 0.15) is 10.6 Å². The third kappa shape index (κ3) is 5.18. The molecule has 0 unspecified atom stereocenters. The van der Waals surface area contributed by atoms with E-state index in [4.69, 9.17) is 9.72 Å². The van der Waals surface area contributed by atoms with Gasteiger partial charge in [0.2, 0.25) is 5.91 Å². The number of likely N-dealkylation sites (N-methyl/N-ethyl adjacent to an activating group) is 1. The Morgan fingerprint density at radius 2 is 1.94 bits per heavy atom. The standard InChI is InChI=1S/C27H28N4O3S2/c1-3-34-20-11-9-19(10-12-20)31-26(33)24-21-13-14-30(2)16-22(21)36-25(24)29-27(31)35-17-23(32)28-15-18-7-5-4-6-8-18/h4-12H,3,13-17H2,1-2H3,(H,28,32). The molecule has 0 spiro atoms. The van der Waals surface area contributed by atoms with Crippen LogP contribution in [0.25, 0.3) is 15.9 Å². The van der Waals surface area contributed by atoms with Gasteiger partial charge >= 0.3 is 0 Å². The van der Waals surface area contributed by atoms with Crippen molar-refractivity contribution in [3.8, 4) is 11.4 Å². The molecule has 2 aromatic carbocycles. The molecule has 0 bridgehead atoms. The Labute approximate surface area is 218 Å². The molecule has 0 fully saturated rings. The maximum atomic E-state index is 13.9. The first-order valence-electron chi connectivity index (χ1n) is 12.0. The predicted molar refractivity (Wildman–Crippen MR) is 145 cm³/mol. The minimum Gasteiger partial charge on any atom is -0.494 e. The number of fused-ring (bicyclic) bond motifs is 3. The number of benzene rings is 2. The molecule has 186 valence electrons. The van der Waals surface area contributed by atoms with E-state index >= 15 is 0 Å². The second kappa shape index (κ2) is 10.9. The molecule has 36 heavy (non-hydrogen) atoms. The second-order valence-electron chi connectivity index (χ2n) is 8.68. The molecule has 2 aromatic heterocycles. The number of thioether (sulfide) groups is 1. The molecule has 0 saturated carbocycles. The quantitative estimate of drug-likeness (QED) is 0.277. The number of hydrogen-bond donors (Lipinski definition) is 1. The highest BCUT2D eigenvalue weighted by Crippen LogP contribution is 2.34. The molecule has 1 N–H and O–H groups in total. The summed E-state index contributed by atoms with van der Waals surface area (Å²) in [6, 6.07) is 17.2. The predicted octanol–water partition coefficient (Wildman–Crippen LogP) is 4.24. The van der Waals surface area contributed by atoms with Gasteiger partial charge in [-0.3, -0.25) is 14.2 Å². The molecular formula is C27H28N4O3S2. The van der Waals surface area contributed by atoms with Gasteiger partial charge < -0.3 is 15.0 Å². The summed E-state index contributed by atoms with van der Waals surface area (Å²) < 4.78 is 7.22. The first-order chi connectivity index (χ1) is 17.5. The molecule has 0 aliphatic carbocycles. The first kappa shape index (κ1) is 24.5. The summed E-state index contributed by atoms with van der Waals surface area (Å²) in [5.41, 5.74) is 2.77. The molecular weight excluding hydrogens is 492 g/mol. The number of nitrogens with one attached hydrogen (secondary N) is 1. The fourth-order valence-corrected chi connectivity index (χ4v) is 6.50. The molecule has 1 amide bonds. The maximum Gasteiger partial charge on any atom is 0.267 e. The van der Waals surface area contributed by atoms with Crippen LogP contribution in [0.1, 0.15) is 22.9 Å². The molecule has 1 aliphatic heterocycles. The third-order valence-electron chi connectivity index (χ3n) is 6.11. The van der Waals surface area contributed by atoms with E-state index in [1.54, 1.807) is 15.9 Å². The normalized spacial score (nSPS) is 13.5. The smallest absolute Gasteiger partial charge is 0.267 e. The second-order valence-corrected chi connectivity index (χ2v) is 10.7. The average molecular weight is 521 g/mol. The number of nitrogens with zero attached hydrogens (tertiary/aromatic N) is 3. The van der Waals surface area contributed by atoms with Crippen LogP contribution in [0.3, 0.4) is 0 Å². The molecule has 1 aliphatic rings. The Bertz CT molecular complexity index is 1430. The van der Waals surface area contributed by atoms with Crippen LogP contribution in [0.15, 0.2) is 64.5 Å². The van der Waals surface area contributed by atoms with Gasteiger partial charge in [-0.05, 0) is 55.8 Å². The number of carbonyl (C=O) groups is 1. The Kier molecular flexibility index (Phi) is 7.41. The summed E-state index contributed by atoms with van der Waals surface area (Å²) in [4.78, 5) is 35.6. The van der Waals surface area contributed by atoms with E-state index in [-0.39, 0.29) is 17.2 Å². The molecule has 7 nitrogen and oxygen atoms in total. The van der Waals surface area contributed by atoms with Gasteiger partial charge in [-0.2, -0.15) is 0 Å². The van der Waals surface area contributed by atoms with Crippen molar-refractivity contribution in [2.75, 3.05) is 26.0 Å². The van der Waals surface area contributed by atoms with E-state index in [9.17, 15) is 9.59 Å². The number of ether oxygens (including phenoxy) is 1. The molecule has 0 saturated heterocycles. The zero-order valence-electron chi connectivity index (χ0n) is 20.3. The lowest BCUT2D eigenvalue weighted by Crippen LogP contribution is -2.28. The lowest BCUT2D eigenvalue weighted by Gasteiger charge is -2.21. The van der Waals surface area contributed by atoms with E-state index in [0.717, 1.165) is 41.2 Å². The van der Waals surface area contributed by atoms with Gasteiger partial charge in [0.25, 0.3) is 5.56 Å². The SMILES string of the molecule is CCOc1ccc(-n2c(SCC(=O)NCc3ccccc3)nc3sc4c(c3c2=O)CCN(C)C4)cc1. The lowest BCUT2D eigenvalue weighted by atomic mass is 10.1. The van der Waals surface area contributed by atoms with Crippen molar-refractivity contribution >= 4 is 39.2 Å². The minimum absolute atomic E-state index is 0.0848. The first-order valence-corrected chi connectivity index (χ1v) is 13.8. The summed E-state index contributed by atoms with van der Waals surface area (Å²) in [7, 11) is 2.09. The van der Waals surface area contributed by atoms with E-state index in [1.165, 1.54) is 16.6 Å². The summed E-state index contributed by atoms with van der Waals surface area (Å²) in [6.07, 6.45) is 0.834. The van der Waals surface area contributed by atoms with Crippen molar-refractivity contribution in [1.82, 2.24) is 19.8 Å². The van der Waals surface area contributed by atoms with Crippen LogP contribution in [-0.4, -0.2) is 46.3 Å². The van der Waals surface area contributed by atoms with Crippen LogP contribution >= 0.6 is 23.1 Å². The van der Waals surface area contributed by atoms with Crippen molar-refractivity contribution in [2.24, 2.45) is 0 Å². The Morgan fingerprint density at radius 3 is 2.69 bits per heavy atom. The summed E-state index contributed by atoms with van der Waals surface area (Å²) in [5.74, 6) is 0.799. The van der Waals surface area contributed by atoms with Gasteiger partial charge in [-0.15, -0.1) is 11.3 Å². The van der Waals surface area contributed by atoms with E-state index in [2.05, 4.69) is 17.3 Å². The summed E-state index contributed by atoms with van der Waals surface area (Å²) in [6.45, 7) is 4.71. The Morgan fingerprint density at radius 1 is 1.17 bits per heavy atom. The zero-order valence-corrected chi connectivity index (χ0v) is 22.0. The van der Waals surface area contributed by atoms with Crippen LogP contribution < -0.4 is 15.6 Å². The zero-order chi connectivity index (χ0) is 25.1. The molecule has 0 radical (unpaired) electrons. The third-order valence-corrected chi connectivity index (χ3v) is 8.15. The maximum absolute atomic E-state index is 13.9. The topological polar surface area (TPSA) is 76.5 Å². The van der Waals surface area contributed by atoms with Crippen molar-refractivity contribution in [3.63, 3.8) is 0 Å². The summed E-state index contributed by atoms with van der Waals surface area (Å²) >= 11 is 2.87. The van der Waals surface area contributed by atoms with Crippen LogP contribution in [0.5, 0.6) is 5.75 Å². The highest BCUT2D eigenvalue weighted by atomic mass is 32.2. The fraction of sp³-hybridized carbons (Fsp3) is 0.296. The number of hydrogen-bond acceptors (Lipinski definition) is 7. The van der Waals surface area contributed by atoms with Gasteiger partial charge in [-0.25, -0.2) is 4.98 Å². The van der Waals surface area contributed by atoms with Crippen molar-refractivity contribution in [1.29, 1.82) is 0 Å². The Balaban J connectivity index is 1.48. The van der Waals surface area contributed by atoms with Crippen LogP contribution in [-0.2, 0) is 24.3 Å². The minimum atomic E-state index is -0.108. The number of rotatable bonds is 8. The number of thiophene rings is 1. The van der Waals surface area contributed by atoms with Crippen LogP contribution in [0.2, 0.25) is 0 Å². The Hall–Kier alpha value is -3.14. The van der Waals surface area contributed by atoms with E-state index in [1.807, 2.05) is 61.5 Å². The molecule has 9 heteroatoms. The number of amides is 1. The van der Waals surface area contributed by atoms with Gasteiger partial charge in [0.15, 0.2) is 5.16 Å². The number of aromatic nitrogens is 2. The molecule has 3 heterocycles. The lowest BCUT2D eigenvalue weighted by molar-refractivity contribution is -0.118. The van der Waals surface area contributed by atoms with Crippen molar-refractivity contribution in [3.05, 3.63) is 81.0 Å².